The zero-order valence-electron chi connectivity index (χ0n) is 35.5. The fourth-order valence-corrected chi connectivity index (χ4v) is 4.77. The summed E-state index contributed by atoms with van der Waals surface area (Å²) in [5.74, 6) is -1.23. The van der Waals surface area contributed by atoms with Gasteiger partial charge in [-0.1, -0.05) is 167 Å². The van der Waals surface area contributed by atoms with Crippen molar-refractivity contribution in [3.8, 4) is 0 Å². The van der Waals surface area contributed by atoms with Crippen LogP contribution in [0.25, 0.3) is 0 Å². The van der Waals surface area contributed by atoms with Crippen molar-refractivity contribution in [2.24, 2.45) is 0 Å². The van der Waals surface area contributed by atoms with Crippen LogP contribution < -0.4 is 0 Å². The fraction of sp³-hybridized carbons (Fsp3) is 0.471. The van der Waals surface area contributed by atoms with Gasteiger partial charge in [-0.15, -0.1) is 0 Å². The second-order valence-electron chi connectivity index (χ2n) is 13.1. The second kappa shape index (κ2) is 44.0. The van der Waals surface area contributed by atoms with E-state index in [-0.39, 0.29) is 32.5 Å². The monoisotopic (exact) mass is 783 g/mol. The van der Waals surface area contributed by atoms with Crippen LogP contribution in [0.1, 0.15) is 136 Å². The molecule has 0 aromatic rings. The number of allylic oxidation sites excluding steroid dienone is 24. The van der Waals surface area contributed by atoms with E-state index in [1.807, 2.05) is 36.5 Å². The van der Waals surface area contributed by atoms with Gasteiger partial charge in [0.1, 0.15) is 13.2 Å². The van der Waals surface area contributed by atoms with Crippen LogP contribution in [0, 0.1) is 0 Å². The topological polar surface area (TPSA) is 78.9 Å². The van der Waals surface area contributed by atoms with Gasteiger partial charge in [0.25, 0.3) is 0 Å². The van der Waals surface area contributed by atoms with E-state index in [0.29, 0.717) is 19.3 Å². The summed E-state index contributed by atoms with van der Waals surface area (Å²) in [6, 6.07) is 0. The van der Waals surface area contributed by atoms with E-state index < -0.39 is 24.0 Å². The second-order valence-corrected chi connectivity index (χ2v) is 13.1. The third kappa shape index (κ3) is 42.3. The van der Waals surface area contributed by atoms with Crippen LogP contribution in [0.3, 0.4) is 0 Å². The summed E-state index contributed by atoms with van der Waals surface area (Å²) in [4.78, 5) is 37.6. The lowest BCUT2D eigenvalue weighted by atomic mass is 10.2. The number of ether oxygens (including phenoxy) is 3. The first kappa shape index (κ1) is 52.3. The van der Waals surface area contributed by atoms with Crippen molar-refractivity contribution in [1.82, 2.24) is 0 Å². The van der Waals surface area contributed by atoms with Crippen LogP contribution in [0.4, 0.5) is 0 Å². The molecular weight excluding hydrogens is 709 g/mol. The molecule has 0 N–H and O–H groups in total. The van der Waals surface area contributed by atoms with Crippen molar-refractivity contribution in [3.63, 3.8) is 0 Å². The number of rotatable bonds is 35. The predicted octanol–water partition coefficient (Wildman–Crippen LogP) is 13.7. The molecule has 0 rings (SSSR count). The summed E-state index contributed by atoms with van der Waals surface area (Å²) in [7, 11) is 0. The summed E-state index contributed by atoms with van der Waals surface area (Å²) >= 11 is 0. The number of esters is 3. The highest BCUT2D eigenvalue weighted by Gasteiger charge is 2.19. The van der Waals surface area contributed by atoms with Crippen LogP contribution in [-0.4, -0.2) is 37.2 Å². The van der Waals surface area contributed by atoms with Crippen LogP contribution in [0.15, 0.2) is 146 Å². The lowest BCUT2D eigenvalue weighted by molar-refractivity contribution is -0.166. The van der Waals surface area contributed by atoms with Crippen molar-refractivity contribution in [2.45, 2.75) is 142 Å². The number of hydrogen-bond donors (Lipinski definition) is 0. The summed E-state index contributed by atoms with van der Waals surface area (Å²) in [5.41, 5.74) is 0. The average molecular weight is 783 g/mol. The third-order valence-electron chi connectivity index (χ3n) is 7.86. The van der Waals surface area contributed by atoms with E-state index in [1.165, 1.54) is 0 Å². The molecule has 6 nitrogen and oxygen atoms in total. The molecule has 0 unspecified atom stereocenters. The van der Waals surface area contributed by atoms with Gasteiger partial charge in [0, 0.05) is 19.3 Å². The Hall–Kier alpha value is -4.71. The van der Waals surface area contributed by atoms with Crippen LogP contribution >= 0.6 is 0 Å². The molecule has 6 heteroatoms. The number of hydrogen-bond acceptors (Lipinski definition) is 6. The fourth-order valence-electron chi connectivity index (χ4n) is 4.77. The molecule has 0 saturated carbocycles. The largest absolute Gasteiger partial charge is 0.462 e. The first-order chi connectivity index (χ1) is 28.0. The molecule has 0 aliphatic carbocycles. The Kier molecular flexibility index (Phi) is 40.4. The maximum Gasteiger partial charge on any atom is 0.306 e. The van der Waals surface area contributed by atoms with Gasteiger partial charge in [0.2, 0.25) is 0 Å². The molecule has 57 heavy (non-hydrogen) atoms. The zero-order valence-corrected chi connectivity index (χ0v) is 35.5. The molecular formula is C51H74O6. The van der Waals surface area contributed by atoms with Gasteiger partial charge in [0.15, 0.2) is 6.10 Å². The predicted molar refractivity (Wildman–Crippen MR) is 242 cm³/mol. The Balaban J connectivity index is 4.73. The summed E-state index contributed by atoms with van der Waals surface area (Å²) < 4.78 is 16.4. The quantitative estimate of drug-likeness (QED) is 0.0362. The standard InChI is InChI=1S/C51H74O6/c1-4-7-10-13-16-19-22-25-28-31-34-37-40-43-49(52)55-46-48(57-51(54)45-42-39-36-33-30-27-24-21-18-15-12-9-6-3)47-56-50(53)44-41-38-35-32-29-26-23-20-17-14-11-8-5-2/h7-12,16-21,25-30,34-39,48H,4-6,13-15,22-24,31-33,40-47H2,1-3H3/b10-7-,11-8-,12-9-,19-16-,20-17-,21-18-,28-25-,29-26-,30-27-,37-34-,38-35-,39-36-. The van der Waals surface area contributed by atoms with Crippen LogP contribution in [0.2, 0.25) is 0 Å². The minimum Gasteiger partial charge on any atom is -0.462 e. The van der Waals surface area contributed by atoms with Crippen molar-refractivity contribution in [1.29, 1.82) is 0 Å². The van der Waals surface area contributed by atoms with Gasteiger partial charge in [-0.25, -0.2) is 0 Å². The molecule has 0 saturated heterocycles. The number of carbonyl (C=O) groups is 3. The van der Waals surface area contributed by atoms with Gasteiger partial charge in [-0.2, -0.15) is 0 Å². The summed E-state index contributed by atoms with van der Waals surface area (Å²) in [6.07, 6.45) is 63.0. The molecule has 0 aliphatic rings. The molecule has 0 fully saturated rings. The molecule has 0 aromatic heterocycles. The zero-order chi connectivity index (χ0) is 41.5. The van der Waals surface area contributed by atoms with Crippen LogP contribution in [0.5, 0.6) is 0 Å². The molecule has 0 bridgehead atoms. The Morgan fingerprint density at radius 1 is 0.333 bits per heavy atom. The summed E-state index contributed by atoms with van der Waals surface area (Å²) in [5, 5.41) is 0. The highest BCUT2D eigenvalue weighted by molar-refractivity contribution is 5.71. The van der Waals surface area contributed by atoms with Crippen molar-refractivity contribution in [3.05, 3.63) is 146 Å². The van der Waals surface area contributed by atoms with E-state index in [2.05, 4.69) is 130 Å². The lowest BCUT2D eigenvalue weighted by Gasteiger charge is -2.18. The average Bonchev–Trinajstić information content (AvgIpc) is 3.21. The van der Waals surface area contributed by atoms with Gasteiger partial charge < -0.3 is 14.2 Å². The molecule has 0 spiro atoms. The van der Waals surface area contributed by atoms with E-state index in [9.17, 15) is 14.4 Å². The maximum absolute atomic E-state index is 12.7. The Bertz CT molecular complexity index is 1290. The SMILES string of the molecule is CC/C=C\C/C=C\C/C=C\C/C=C\CCC(=O)OCC(COC(=O)CC/C=C\C/C=C\C/C=C\C/C=C\CC)OC(=O)CC/C=C\C/C=C\C/C=C\C/C=C\CC. The van der Waals surface area contributed by atoms with Crippen molar-refractivity contribution < 1.29 is 28.6 Å². The maximum atomic E-state index is 12.7. The van der Waals surface area contributed by atoms with Crippen molar-refractivity contribution in [2.75, 3.05) is 13.2 Å². The molecule has 0 aliphatic heterocycles. The van der Waals surface area contributed by atoms with Gasteiger partial charge >= 0.3 is 17.9 Å². The highest BCUT2D eigenvalue weighted by Crippen LogP contribution is 2.07. The molecule has 0 amide bonds. The van der Waals surface area contributed by atoms with E-state index in [1.54, 1.807) is 0 Å². The first-order valence-corrected chi connectivity index (χ1v) is 21.3. The Morgan fingerprint density at radius 3 is 0.825 bits per heavy atom. The highest BCUT2D eigenvalue weighted by atomic mass is 16.6. The minimum atomic E-state index is -0.877. The minimum absolute atomic E-state index is 0.171. The smallest absolute Gasteiger partial charge is 0.306 e. The number of carbonyl (C=O) groups excluding carboxylic acids is 3. The van der Waals surface area contributed by atoms with E-state index in [0.717, 1.165) is 77.0 Å². The van der Waals surface area contributed by atoms with Gasteiger partial charge in [-0.3, -0.25) is 14.4 Å². The molecule has 0 heterocycles. The third-order valence-corrected chi connectivity index (χ3v) is 7.86. The molecule has 0 atom stereocenters. The molecule has 0 aromatic carbocycles. The van der Waals surface area contributed by atoms with Gasteiger partial charge in [-0.05, 0) is 96.3 Å². The Morgan fingerprint density at radius 2 is 0.561 bits per heavy atom. The van der Waals surface area contributed by atoms with E-state index in [4.69, 9.17) is 14.2 Å². The lowest BCUT2D eigenvalue weighted by Crippen LogP contribution is -2.30. The Labute approximate surface area is 347 Å². The van der Waals surface area contributed by atoms with Gasteiger partial charge in [0.05, 0.1) is 0 Å². The van der Waals surface area contributed by atoms with Crippen LogP contribution in [-0.2, 0) is 28.6 Å². The van der Waals surface area contributed by atoms with Crippen molar-refractivity contribution >= 4 is 17.9 Å². The van der Waals surface area contributed by atoms with E-state index >= 15 is 0 Å². The first-order valence-electron chi connectivity index (χ1n) is 21.3. The molecule has 314 valence electrons. The molecule has 0 radical (unpaired) electrons. The normalized spacial score (nSPS) is 13.1. The summed E-state index contributed by atoms with van der Waals surface area (Å²) in [6.45, 7) is 6.04.